The molecule has 1 atom stereocenters. The summed E-state index contributed by atoms with van der Waals surface area (Å²) < 4.78 is 0. The number of aromatic amines is 1. The zero-order valence-corrected chi connectivity index (χ0v) is 19.8. The van der Waals surface area contributed by atoms with Crippen molar-refractivity contribution in [3.05, 3.63) is 65.1 Å². The van der Waals surface area contributed by atoms with Crippen LogP contribution in [0.3, 0.4) is 0 Å². The van der Waals surface area contributed by atoms with E-state index in [1.807, 2.05) is 31.2 Å². The number of hydrogen-bond donors (Lipinski definition) is 3. The fourth-order valence-corrected chi connectivity index (χ4v) is 3.91. The molecule has 0 fully saturated rings. The molecule has 8 nitrogen and oxygen atoms in total. The molecule has 170 valence electrons. The highest BCUT2D eigenvalue weighted by Gasteiger charge is 2.24. The second-order valence-corrected chi connectivity index (χ2v) is 9.97. The number of hydrogen-bond acceptors (Lipinski definition) is 6. The monoisotopic (exact) mass is 462 g/mol. The molecule has 4 rings (SSSR count). The molecule has 0 unspecified atom stereocenters. The van der Waals surface area contributed by atoms with Crippen molar-refractivity contribution in [2.75, 3.05) is 0 Å². The van der Waals surface area contributed by atoms with Crippen LogP contribution >= 0.6 is 11.3 Å². The Labute approximate surface area is 195 Å². The van der Waals surface area contributed by atoms with Crippen LogP contribution < -0.4 is 10.6 Å². The first-order chi connectivity index (χ1) is 15.7. The molecule has 4 heterocycles. The third kappa shape index (κ3) is 5.09. The minimum atomic E-state index is -0.198. The molecule has 0 spiro atoms. The second-order valence-electron chi connectivity index (χ2n) is 8.88. The van der Waals surface area contributed by atoms with Crippen LogP contribution in [0, 0.1) is 5.41 Å². The van der Waals surface area contributed by atoms with Gasteiger partial charge in [-0.25, -0.2) is 9.97 Å². The van der Waals surface area contributed by atoms with Gasteiger partial charge in [-0.05, 0) is 36.6 Å². The zero-order chi connectivity index (χ0) is 23.6. The molecule has 4 aromatic heterocycles. The molecule has 0 aromatic carbocycles. The molecular weight excluding hydrogens is 436 g/mol. The Morgan fingerprint density at radius 3 is 2.67 bits per heavy atom. The second kappa shape index (κ2) is 9.11. The highest BCUT2D eigenvalue weighted by molar-refractivity contribution is 7.17. The third-order valence-corrected chi connectivity index (χ3v) is 6.62. The van der Waals surface area contributed by atoms with Crippen LogP contribution in [0.15, 0.2) is 48.9 Å². The molecule has 4 aromatic rings. The van der Waals surface area contributed by atoms with E-state index in [2.05, 4.69) is 51.3 Å². The number of carbonyl (C=O) groups excluding carboxylic acids is 2. The Bertz CT molecular complexity index is 1290. The van der Waals surface area contributed by atoms with Crippen LogP contribution in [-0.4, -0.2) is 37.8 Å². The maximum absolute atomic E-state index is 12.9. The fourth-order valence-electron chi connectivity index (χ4n) is 3.03. The molecular formula is C24H26N6O2S. The smallest absolute Gasteiger partial charge is 0.261 e. The van der Waals surface area contributed by atoms with Crippen molar-refractivity contribution in [2.45, 2.75) is 40.3 Å². The first-order valence-corrected chi connectivity index (χ1v) is 11.5. The summed E-state index contributed by atoms with van der Waals surface area (Å²) in [6.07, 6.45) is 4.96. The molecule has 0 aliphatic carbocycles. The molecule has 0 aliphatic heterocycles. The van der Waals surface area contributed by atoms with Gasteiger partial charge in [-0.3, -0.25) is 14.6 Å². The number of nitrogens with one attached hydrogen (secondary N) is 3. The van der Waals surface area contributed by atoms with Gasteiger partial charge in [-0.1, -0.05) is 26.8 Å². The minimum absolute atomic E-state index is 0.0180. The van der Waals surface area contributed by atoms with Crippen molar-refractivity contribution in [2.24, 2.45) is 5.41 Å². The van der Waals surface area contributed by atoms with Gasteiger partial charge in [0.05, 0.1) is 39.4 Å². The summed E-state index contributed by atoms with van der Waals surface area (Å²) in [5, 5.41) is 5.91. The topological polar surface area (TPSA) is 113 Å². The number of amides is 2. The Morgan fingerprint density at radius 1 is 1.12 bits per heavy atom. The molecule has 0 aliphatic rings. The predicted molar refractivity (Wildman–Crippen MR) is 129 cm³/mol. The van der Waals surface area contributed by atoms with Gasteiger partial charge in [0.15, 0.2) is 5.65 Å². The summed E-state index contributed by atoms with van der Waals surface area (Å²) in [6, 6.07) is 9.15. The molecule has 0 saturated carbocycles. The molecule has 0 radical (unpaired) electrons. The lowest BCUT2D eigenvalue weighted by Crippen LogP contribution is -2.41. The average Bonchev–Trinajstić information content (AvgIpc) is 3.44. The molecule has 9 heteroatoms. The van der Waals surface area contributed by atoms with Gasteiger partial charge in [-0.2, -0.15) is 0 Å². The number of fused-ring (bicyclic) bond motifs is 1. The van der Waals surface area contributed by atoms with Gasteiger partial charge < -0.3 is 15.6 Å². The molecule has 0 saturated heterocycles. The number of thiophene rings is 1. The van der Waals surface area contributed by atoms with Crippen LogP contribution in [-0.2, 0) is 6.54 Å². The number of aromatic nitrogens is 4. The van der Waals surface area contributed by atoms with Crippen molar-refractivity contribution in [3.63, 3.8) is 0 Å². The Kier molecular flexibility index (Phi) is 6.24. The van der Waals surface area contributed by atoms with Gasteiger partial charge >= 0.3 is 0 Å². The molecule has 33 heavy (non-hydrogen) atoms. The van der Waals surface area contributed by atoms with Gasteiger partial charge in [0.1, 0.15) is 5.52 Å². The fraction of sp³-hybridized carbons (Fsp3) is 0.292. The molecule has 3 N–H and O–H groups in total. The number of carbonyl (C=O) groups is 2. The first kappa shape index (κ1) is 22.6. The molecule has 2 amide bonds. The Morgan fingerprint density at radius 2 is 1.94 bits per heavy atom. The van der Waals surface area contributed by atoms with Gasteiger partial charge in [0.2, 0.25) is 0 Å². The van der Waals surface area contributed by atoms with E-state index in [1.54, 1.807) is 24.7 Å². The summed E-state index contributed by atoms with van der Waals surface area (Å²) in [5.74, 6) is -0.375. The predicted octanol–water partition coefficient (Wildman–Crippen LogP) is 4.18. The maximum atomic E-state index is 12.9. The van der Waals surface area contributed by atoms with E-state index in [4.69, 9.17) is 0 Å². The van der Waals surface area contributed by atoms with Gasteiger partial charge in [-0.15, -0.1) is 11.3 Å². The normalized spacial score (nSPS) is 12.5. The van der Waals surface area contributed by atoms with Crippen molar-refractivity contribution >= 4 is 34.3 Å². The van der Waals surface area contributed by atoms with E-state index >= 15 is 0 Å². The van der Waals surface area contributed by atoms with Crippen molar-refractivity contribution in [3.8, 4) is 10.6 Å². The maximum Gasteiger partial charge on any atom is 0.261 e. The van der Waals surface area contributed by atoms with Crippen LogP contribution in [0.5, 0.6) is 0 Å². The van der Waals surface area contributed by atoms with E-state index in [-0.39, 0.29) is 23.3 Å². The Balaban J connectivity index is 1.52. The van der Waals surface area contributed by atoms with Crippen molar-refractivity contribution in [1.29, 1.82) is 0 Å². The van der Waals surface area contributed by atoms with Crippen molar-refractivity contribution in [1.82, 2.24) is 30.6 Å². The zero-order valence-electron chi connectivity index (χ0n) is 19.0. The average molecular weight is 463 g/mol. The van der Waals surface area contributed by atoms with Crippen LogP contribution in [0.2, 0.25) is 0 Å². The Hall–Kier alpha value is -3.59. The highest BCUT2D eigenvalue weighted by atomic mass is 32.1. The standard InChI is InChI=1S/C24H26N6O2S/c1-14(24(2,3)4)29-22(31)16-12-26-21-20(16)30-17(13-27-21)18-8-9-19(33-18)23(32)28-11-15-7-5-6-10-25-15/h5-10,12-14H,11H2,1-4H3,(H,26,27)(H,28,32)(H,29,31)/t14-/m0/s1. The lowest BCUT2D eigenvalue weighted by Gasteiger charge is -2.27. The summed E-state index contributed by atoms with van der Waals surface area (Å²) in [7, 11) is 0. The largest absolute Gasteiger partial charge is 0.349 e. The van der Waals surface area contributed by atoms with E-state index in [0.717, 1.165) is 10.6 Å². The molecule has 0 bridgehead atoms. The lowest BCUT2D eigenvalue weighted by atomic mass is 9.88. The summed E-state index contributed by atoms with van der Waals surface area (Å²) in [4.78, 5) is 43.1. The van der Waals surface area contributed by atoms with E-state index in [9.17, 15) is 9.59 Å². The quantitative estimate of drug-likeness (QED) is 0.398. The highest BCUT2D eigenvalue weighted by Crippen LogP contribution is 2.28. The van der Waals surface area contributed by atoms with E-state index < -0.39 is 0 Å². The SMILES string of the molecule is C[C@H](NC(=O)c1c[nH]c2ncc(-c3ccc(C(=O)NCc4ccccn4)s3)nc12)C(C)(C)C. The summed E-state index contributed by atoms with van der Waals surface area (Å²) >= 11 is 1.32. The van der Waals surface area contributed by atoms with Crippen LogP contribution in [0.4, 0.5) is 0 Å². The number of pyridine rings is 1. The van der Waals surface area contributed by atoms with Crippen LogP contribution in [0.25, 0.3) is 21.7 Å². The van der Waals surface area contributed by atoms with E-state index in [0.29, 0.717) is 33.8 Å². The number of rotatable bonds is 6. The van der Waals surface area contributed by atoms with E-state index in [1.165, 1.54) is 11.3 Å². The summed E-state index contributed by atoms with van der Waals surface area (Å²) in [5.41, 5.74) is 2.81. The first-order valence-electron chi connectivity index (χ1n) is 10.7. The number of H-pyrrole nitrogens is 1. The van der Waals surface area contributed by atoms with Crippen molar-refractivity contribution < 1.29 is 9.59 Å². The summed E-state index contributed by atoms with van der Waals surface area (Å²) in [6.45, 7) is 8.56. The third-order valence-electron chi connectivity index (χ3n) is 5.51. The number of nitrogens with zero attached hydrogens (tertiary/aromatic N) is 3. The lowest BCUT2D eigenvalue weighted by molar-refractivity contribution is 0.0910. The minimum Gasteiger partial charge on any atom is -0.349 e. The van der Waals surface area contributed by atoms with Gasteiger partial charge in [0, 0.05) is 18.4 Å². The van der Waals surface area contributed by atoms with Gasteiger partial charge in [0.25, 0.3) is 11.8 Å². The van der Waals surface area contributed by atoms with Crippen LogP contribution in [0.1, 0.15) is 53.4 Å².